The van der Waals surface area contributed by atoms with Crippen molar-refractivity contribution in [1.82, 2.24) is 0 Å². The van der Waals surface area contributed by atoms with E-state index in [-0.39, 0.29) is 0 Å². The Balaban J connectivity index is 1.22. The molecule has 2 heteroatoms. The van der Waals surface area contributed by atoms with Gasteiger partial charge in [-0.25, -0.2) is 0 Å². The van der Waals surface area contributed by atoms with Gasteiger partial charge in [0.25, 0.3) is 0 Å². The van der Waals surface area contributed by atoms with Crippen molar-refractivity contribution < 1.29 is 0 Å². The highest BCUT2D eigenvalue weighted by Crippen LogP contribution is 2.41. The van der Waals surface area contributed by atoms with E-state index in [9.17, 15) is 0 Å². The Hall–Kier alpha value is -4.14. The van der Waals surface area contributed by atoms with E-state index >= 15 is 0 Å². The molecule has 0 atom stereocenters. The first-order valence-electron chi connectivity index (χ1n) is 12.5. The molecule has 5 aromatic carbocycles. The summed E-state index contributed by atoms with van der Waals surface area (Å²) in [6.07, 6.45) is 6.52. The summed E-state index contributed by atoms with van der Waals surface area (Å²) in [4.78, 5) is 2.41. The van der Waals surface area contributed by atoms with Crippen LogP contribution in [0.2, 0.25) is 0 Å². The van der Waals surface area contributed by atoms with Crippen molar-refractivity contribution in [3.05, 3.63) is 150 Å². The van der Waals surface area contributed by atoms with Gasteiger partial charge < -0.3 is 4.90 Å². The van der Waals surface area contributed by atoms with E-state index in [1.54, 1.807) is 0 Å². The molecule has 1 heterocycles. The number of anilines is 3. The van der Waals surface area contributed by atoms with Gasteiger partial charge in [0.05, 0.1) is 0 Å². The number of fused-ring (bicyclic) bond motifs is 2. The van der Waals surface area contributed by atoms with Crippen LogP contribution in [0.25, 0.3) is 12.2 Å². The number of hydrogen-bond donors (Lipinski definition) is 0. The Labute approximate surface area is 216 Å². The van der Waals surface area contributed by atoms with Gasteiger partial charge in [-0.15, -0.1) is 0 Å². The average Bonchev–Trinajstić information content (AvgIpc) is 3.11. The average molecular weight is 478 g/mol. The summed E-state index contributed by atoms with van der Waals surface area (Å²) in [5.74, 6) is 0. The van der Waals surface area contributed by atoms with Crippen molar-refractivity contribution in [3.8, 4) is 0 Å². The normalized spacial score (nSPS) is 12.7. The fourth-order valence-electron chi connectivity index (χ4n) is 4.85. The minimum Gasteiger partial charge on any atom is -0.310 e. The molecule has 172 valence electrons. The van der Waals surface area contributed by atoms with Crippen LogP contribution in [0.15, 0.2) is 127 Å². The van der Waals surface area contributed by atoms with Gasteiger partial charge in [0, 0.05) is 17.1 Å². The quantitative estimate of drug-likeness (QED) is 0.193. The summed E-state index contributed by atoms with van der Waals surface area (Å²) >= 11 is 0. The molecular weight excluding hydrogens is 450 g/mol. The smallest absolute Gasteiger partial charge is 0.121 e. The zero-order valence-electron chi connectivity index (χ0n) is 20.1. The van der Waals surface area contributed by atoms with Crippen LogP contribution in [0.3, 0.4) is 0 Å². The molecule has 5 aromatic rings. The molecule has 1 aliphatic rings. The van der Waals surface area contributed by atoms with E-state index in [1.807, 2.05) is 0 Å². The monoisotopic (exact) mass is 477 g/mol. The van der Waals surface area contributed by atoms with Gasteiger partial charge in [-0.05, 0) is 59.4 Å². The fourth-order valence-corrected chi connectivity index (χ4v) is 5.88. The number of aryl methyl sites for hydroxylation is 2. The SMILES string of the molecule is C(=Cc1ccc(N2c3ccccc3CCc3ccccc32)cc1)c1ccc([Si]c2ccccc2)cc1. The third kappa shape index (κ3) is 4.82. The van der Waals surface area contributed by atoms with Crippen LogP contribution in [-0.4, -0.2) is 9.52 Å². The van der Waals surface area contributed by atoms with Crippen LogP contribution in [0.1, 0.15) is 22.3 Å². The highest BCUT2D eigenvalue weighted by atomic mass is 28.2. The van der Waals surface area contributed by atoms with Gasteiger partial charge in [-0.2, -0.15) is 0 Å². The summed E-state index contributed by atoms with van der Waals surface area (Å²) in [5, 5.41) is 2.73. The third-order valence-electron chi connectivity index (χ3n) is 6.72. The van der Waals surface area contributed by atoms with Gasteiger partial charge in [0.2, 0.25) is 0 Å². The van der Waals surface area contributed by atoms with E-state index in [0.29, 0.717) is 9.52 Å². The summed E-state index contributed by atoms with van der Waals surface area (Å²) in [7, 11) is 0.693. The van der Waals surface area contributed by atoms with Crippen LogP contribution in [0.5, 0.6) is 0 Å². The molecule has 6 rings (SSSR count). The van der Waals surface area contributed by atoms with E-state index in [0.717, 1.165) is 12.8 Å². The summed E-state index contributed by atoms with van der Waals surface area (Å²) < 4.78 is 0. The number of benzene rings is 5. The molecule has 0 fully saturated rings. The Morgan fingerprint density at radius 3 is 1.53 bits per heavy atom. The lowest BCUT2D eigenvalue weighted by molar-refractivity contribution is 0.977. The second-order valence-electron chi connectivity index (χ2n) is 9.13. The van der Waals surface area contributed by atoms with Crippen molar-refractivity contribution >= 4 is 49.1 Å². The molecule has 0 bridgehead atoms. The number of para-hydroxylation sites is 2. The van der Waals surface area contributed by atoms with E-state index in [4.69, 9.17) is 0 Å². The molecule has 2 radical (unpaired) electrons. The largest absolute Gasteiger partial charge is 0.310 e. The van der Waals surface area contributed by atoms with Crippen molar-refractivity contribution in [1.29, 1.82) is 0 Å². The summed E-state index contributed by atoms with van der Waals surface area (Å²) in [6.45, 7) is 0. The Morgan fingerprint density at radius 2 is 0.944 bits per heavy atom. The van der Waals surface area contributed by atoms with Crippen molar-refractivity contribution in [3.63, 3.8) is 0 Å². The van der Waals surface area contributed by atoms with Crippen molar-refractivity contribution in [2.75, 3.05) is 4.90 Å². The predicted molar refractivity (Wildman–Crippen MR) is 155 cm³/mol. The van der Waals surface area contributed by atoms with Crippen molar-refractivity contribution in [2.45, 2.75) is 12.8 Å². The molecule has 1 aliphatic heterocycles. The van der Waals surface area contributed by atoms with Crippen molar-refractivity contribution in [2.24, 2.45) is 0 Å². The second-order valence-corrected chi connectivity index (χ2v) is 10.5. The van der Waals surface area contributed by atoms with Gasteiger partial charge in [0.1, 0.15) is 9.52 Å². The Kier molecular flexibility index (Phi) is 6.34. The number of rotatable bonds is 5. The first-order chi connectivity index (χ1) is 17.8. The molecule has 36 heavy (non-hydrogen) atoms. The number of nitrogens with zero attached hydrogens (tertiary/aromatic N) is 1. The van der Waals surface area contributed by atoms with Crippen LogP contribution < -0.4 is 15.3 Å². The van der Waals surface area contributed by atoms with Crippen LogP contribution >= 0.6 is 0 Å². The Bertz CT molecular complexity index is 1440. The molecule has 0 aromatic heterocycles. The molecular formula is C34H27NSi. The van der Waals surface area contributed by atoms with Crippen LogP contribution in [-0.2, 0) is 12.8 Å². The fraction of sp³-hybridized carbons (Fsp3) is 0.0588. The first kappa shape index (κ1) is 22.3. The molecule has 1 nitrogen and oxygen atoms in total. The minimum absolute atomic E-state index is 0.693. The lowest BCUT2D eigenvalue weighted by Crippen LogP contribution is -2.26. The topological polar surface area (TPSA) is 3.24 Å². The van der Waals surface area contributed by atoms with Gasteiger partial charge in [-0.1, -0.05) is 126 Å². The summed E-state index contributed by atoms with van der Waals surface area (Å²) in [5.41, 5.74) is 8.97. The highest BCUT2D eigenvalue weighted by Gasteiger charge is 2.21. The van der Waals surface area contributed by atoms with E-state index in [1.165, 1.54) is 49.7 Å². The maximum Gasteiger partial charge on any atom is 0.121 e. The first-order valence-corrected chi connectivity index (χ1v) is 13.5. The maximum absolute atomic E-state index is 2.41. The molecule has 0 spiro atoms. The predicted octanol–water partition coefficient (Wildman–Crippen LogP) is 7.08. The maximum atomic E-state index is 2.41. The molecule has 0 amide bonds. The molecule has 0 saturated heterocycles. The Morgan fingerprint density at radius 1 is 0.472 bits per heavy atom. The standard InChI is InChI=1S/C34H27NSi/c1-2-10-31(11-3-1)36-32-24-18-27(19-25-32)15-14-26-16-22-30(23-17-26)35-33-12-6-4-8-28(33)20-21-29-9-5-7-13-34(29)35/h1-19,22-25H,20-21H2. The van der Waals surface area contributed by atoms with Gasteiger partial charge in [-0.3, -0.25) is 0 Å². The third-order valence-corrected chi connectivity index (χ3v) is 7.97. The zero-order valence-corrected chi connectivity index (χ0v) is 21.1. The van der Waals surface area contributed by atoms with Gasteiger partial charge >= 0.3 is 0 Å². The van der Waals surface area contributed by atoms with Gasteiger partial charge in [0.15, 0.2) is 0 Å². The van der Waals surface area contributed by atoms with Crippen LogP contribution in [0.4, 0.5) is 17.1 Å². The van der Waals surface area contributed by atoms with E-state index in [2.05, 4.69) is 144 Å². The second kappa shape index (κ2) is 10.2. The molecule has 0 unspecified atom stereocenters. The van der Waals surface area contributed by atoms with E-state index < -0.39 is 0 Å². The van der Waals surface area contributed by atoms with Crippen LogP contribution in [0, 0.1) is 0 Å². The zero-order chi connectivity index (χ0) is 24.2. The molecule has 0 saturated carbocycles. The minimum atomic E-state index is 0.693. The molecule has 0 aliphatic carbocycles. The highest BCUT2D eigenvalue weighted by molar-refractivity contribution is 6.67. The lowest BCUT2D eigenvalue weighted by atomic mass is 10.0. The molecule has 0 N–H and O–H groups in total. The lowest BCUT2D eigenvalue weighted by Gasteiger charge is -2.27. The summed E-state index contributed by atoms with van der Waals surface area (Å²) in [6, 6.07) is 46.1. The number of hydrogen-bond acceptors (Lipinski definition) is 1.